The summed E-state index contributed by atoms with van der Waals surface area (Å²) >= 11 is 1.60. The summed E-state index contributed by atoms with van der Waals surface area (Å²) < 4.78 is 22.8. The molecule has 3 nitrogen and oxygen atoms in total. The molecule has 0 aromatic heterocycles. The third kappa shape index (κ3) is 6.68. The molecule has 14 heavy (non-hydrogen) atoms. The number of rotatable bonds is 6. The molecule has 0 saturated carbocycles. The summed E-state index contributed by atoms with van der Waals surface area (Å²) in [7, 11) is -2.88. The van der Waals surface area contributed by atoms with Crippen LogP contribution in [0.15, 0.2) is 0 Å². The Hall–Kier alpha value is 0.260. The SMILES string of the molecule is CC(C)S(=O)(=O)CCSCC(C)(C)N. The van der Waals surface area contributed by atoms with Crippen molar-refractivity contribution in [3.8, 4) is 0 Å². The molecule has 0 atom stereocenters. The van der Waals surface area contributed by atoms with Crippen molar-refractivity contribution in [3.63, 3.8) is 0 Å². The van der Waals surface area contributed by atoms with Gasteiger partial charge in [-0.2, -0.15) is 11.8 Å². The van der Waals surface area contributed by atoms with E-state index in [1.807, 2.05) is 13.8 Å². The number of hydrogen-bond acceptors (Lipinski definition) is 4. The molecular weight excluding hydrogens is 218 g/mol. The molecule has 0 heterocycles. The standard InChI is InChI=1S/C9H21NO2S2/c1-8(2)14(11,12)6-5-13-7-9(3,4)10/h8H,5-7,10H2,1-4H3. The Labute approximate surface area is 91.7 Å². The van der Waals surface area contributed by atoms with Gasteiger partial charge in [0, 0.05) is 17.0 Å². The molecule has 0 amide bonds. The maximum absolute atomic E-state index is 11.4. The maximum atomic E-state index is 11.4. The summed E-state index contributed by atoms with van der Waals surface area (Å²) in [5, 5.41) is -0.269. The van der Waals surface area contributed by atoms with Crippen molar-refractivity contribution >= 4 is 21.6 Å². The van der Waals surface area contributed by atoms with Crippen LogP contribution in [-0.4, -0.2) is 36.5 Å². The molecule has 2 N–H and O–H groups in total. The van der Waals surface area contributed by atoms with Gasteiger partial charge in [0.05, 0.1) is 11.0 Å². The second-order valence-corrected chi connectivity index (χ2v) is 8.24. The predicted octanol–water partition coefficient (Wildman–Crippen LogP) is 1.28. The molecule has 86 valence electrons. The van der Waals surface area contributed by atoms with Crippen molar-refractivity contribution in [1.82, 2.24) is 0 Å². The van der Waals surface area contributed by atoms with Crippen LogP contribution in [0.3, 0.4) is 0 Å². The molecule has 0 aliphatic carbocycles. The Morgan fingerprint density at radius 3 is 2.21 bits per heavy atom. The summed E-state index contributed by atoms with van der Waals surface area (Å²) in [6, 6.07) is 0. The van der Waals surface area contributed by atoms with Gasteiger partial charge in [-0.05, 0) is 27.7 Å². The fourth-order valence-corrected chi connectivity index (χ4v) is 3.29. The van der Waals surface area contributed by atoms with Crippen LogP contribution in [0.4, 0.5) is 0 Å². The third-order valence-electron chi connectivity index (χ3n) is 1.70. The molecule has 0 rings (SSSR count). The van der Waals surface area contributed by atoms with Crippen molar-refractivity contribution in [3.05, 3.63) is 0 Å². The van der Waals surface area contributed by atoms with E-state index in [0.717, 1.165) is 5.75 Å². The average molecular weight is 239 g/mol. The van der Waals surface area contributed by atoms with Gasteiger partial charge in [-0.15, -0.1) is 0 Å². The van der Waals surface area contributed by atoms with E-state index in [9.17, 15) is 8.42 Å². The zero-order valence-corrected chi connectivity index (χ0v) is 11.0. The fraction of sp³-hybridized carbons (Fsp3) is 1.00. The second-order valence-electron chi connectivity index (χ2n) is 4.46. The Balaban J connectivity index is 3.77. The summed E-state index contributed by atoms with van der Waals surface area (Å²) in [5.41, 5.74) is 5.56. The molecule has 0 bridgehead atoms. The van der Waals surface area contributed by atoms with E-state index in [2.05, 4.69) is 0 Å². The quantitative estimate of drug-likeness (QED) is 0.709. The van der Waals surface area contributed by atoms with Crippen LogP contribution in [0, 0.1) is 0 Å². The van der Waals surface area contributed by atoms with Crippen LogP contribution in [0.2, 0.25) is 0 Å². The molecule has 0 aliphatic rings. The van der Waals surface area contributed by atoms with Gasteiger partial charge in [0.15, 0.2) is 9.84 Å². The Morgan fingerprint density at radius 2 is 1.86 bits per heavy atom. The average Bonchev–Trinajstić information content (AvgIpc) is 1.96. The molecule has 0 spiro atoms. The number of nitrogens with two attached hydrogens (primary N) is 1. The molecule has 0 aliphatic heterocycles. The minimum Gasteiger partial charge on any atom is -0.325 e. The first-order valence-electron chi connectivity index (χ1n) is 4.73. The third-order valence-corrected chi connectivity index (χ3v) is 5.61. The lowest BCUT2D eigenvalue weighted by Gasteiger charge is -2.17. The molecule has 0 unspecified atom stereocenters. The molecular formula is C9H21NO2S2. The van der Waals surface area contributed by atoms with Gasteiger partial charge < -0.3 is 5.73 Å². The topological polar surface area (TPSA) is 60.2 Å². The molecule has 5 heteroatoms. The van der Waals surface area contributed by atoms with Crippen LogP contribution in [0.5, 0.6) is 0 Å². The molecule has 0 saturated heterocycles. The van der Waals surface area contributed by atoms with Gasteiger partial charge in [-0.1, -0.05) is 0 Å². The largest absolute Gasteiger partial charge is 0.325 e. The maximum Gasteiger partial charge on any atom is 0.153 e. The van der Waals surface area contributed by atoms with Crippen molar-refractivity contribution in [2.24, 2.45) is 5.73 Å². The fourth-order valence-electron chi connectivity index (χ4n) is 0.746. The first-order valence-corrected chi connectivity index (χ1v) is 7.60. The highest BCUT2D eigenvalue weighted by Crippen LogP contribution is 2.11. The van der Waals surface area contributed by atoms with Crippen molar-refractivity contribution in [2.45, 2.75) is 38.5 Å². The van der Waals surface area contributed by atoms with Crippen molar-refractivity contribution < 1.29 is 8.42 Å². The first-order chi connectivity index (χ1) is 6.15. The van der Waals surface area contributed by atoms with E-state index in [1.165, 1.54) is 0 Å². The summed E-state index contributed by atoms with van der Waals surface area (Å²) in [6.45, 7) is 7.31. The van der Waals surface area contributed by atoms with Crippen LogP contribution in [0.1, 0.15) is 27.7 Å². The van der Waals surface area contributed by atoms with Crippen LogP contribution < -0.4 is 5.73 Å². The van der Waals surface area contributed by atoms with Gasteiger partial charge in [-0.3, -0.25) is 0 Å². The highest BCUT2D eigenvalue weighted by molar-refractivity contribution is 8.00. The van der Waals surface area contributed by atoms with E-state index in [4.69, 9.17) is 5.73 Å². The second kappa shape index (κ2) is 5.37. The summed E-state index contributed by atoms with van der Waals surface area (Å²) in [4.78, 5) is 0. The van der Waals surface area contributed by atoms with Crippen molar-refractivity contribution in [2.75, 3.05) is 17.3 Å². The van der Waals surface area contributed by atoms with Gasteiger partial charge in [-0.25, -0.2) is 8.42 Å². The summed E-state index contributed by atoms with van der Waals surface area (Å²) in [6.07, 6.45) is 0. The lowest BCUT2D eigenvalue weighted by Crippen LogP contribution is -2.35. The number of hydrogen-bond donors (Lipinski definition) is 1. The molecule has 0 fully saturated rings. The van der Waals surface area contributed by atoms with Crippen LogP contribution in [0.25, 0.3) is 0 Å². The van der Waals surface area contributed by atoms with E-state index in [1.54, 1.807) is 25.6 Å². The zero-order chi connectivity index (χ0) is 11.4. The van der Waals surface area contributed by atoms with E-state index < -0.39 is 9.84 Å². The normalized spacial score (nSPS) is 13.6. The van der Waals surface area contributed by atoms with Crippen molar-refractivity contribution in [1.29, 1.82) is 0 Å². The Kier molecular flexibility index (Phi) is 5.47. The van der Waals surface area contributed by atoms with Gasteiger partial charge in [0.2, 0.25) is 0 Å². The van der Waals surface area contributed by atoms with Gasteiger partial charge >= 0.3 is 0 Å². The van der Waals surface area contributed by atoms with Crippen LogP contribution >= 0.6 is 11.8 Å². The minimum absolute atomic E-state index is 0.216. The lowest BCUT2D eigenvalue weighted by molar-refractivity contribution is 0.586. The summed E-state index contributed by atoms with van der Waals surface area (Å²) in [5.74, 6) is 1.69. The Bertz CT molecular complexity index is 252. The highest BCUT2D eigenvalue weighted by Gasteiger charge is 2.16. The monoisotopic (exact) mass is 239 g/mol. The smallest absolute Gasteiger partial charge is 0.153 e. The molecule has 0 aromatic rings. The van der Waals surface area contributed by atoms with E-state index >= 15 is 0 Å². The van der Waals surface area contributed by atoms with E-state index in [0.29, 0.717) is 5.75 Å². The van der Waals surface area contributed by atoms with Gasteiger partial charge in [0.1, 0.15) is 0 Å². The van der Waals surface area contributed by atoms with Gasteiger partial charge in [0.25, 0.3) is 0 Å². The predicted molar refractivity (Wildman–Crippen MR) is 64.5 cm³/mol. The molecule has 0 radical (unpaired) electrons. The number of thioether (sulfide) groups is 1. The van der Waals surface area contributed by atoms with E-state index in [-0.39, 0.29) is 16.5 Å². The first kappa shape index (κ1) is 14.3. The zero-order valence-electron chi connectivity index (χ0n) is 9.41. The number of sulfone groups is 1. The highest BCUT2D eigenvalue weighted by atomic mass is 32.2. The Morgan fingerprint density at radius 1 is 1.36 bits per heavy atom. The van der Waals surface area contributed by atoms with Crippen LogP contribution in [-0.2, 0) is 9.84 Å². The lowest BCUT2D eigenvalue weighted by atomic mass is 10.1. The molecule has 0 aromatic carbocycles. The minimum atomic E-state index is -2.88.